The van der Waals surface area contributed by atoms with Gasteiger partial charge in [-0.3, -0.25) is 10.1 Å². The number of nitro benzene ring substituents is 1. The molecule has 0 fully saturated rings. The van der Waals surface area contributed by atoms with E-state index in [2.05, 4.69) is 0 Å². The SMILES string of the molecule is Nc1ccc(O)c(O)c1[N+](=O)[O-]. The number of rotatable bonds is 1. The van der Waals surface area contributed by atoms with E-state index in [0.29, 0.717) is 0 Å². The third kappa shape index (κ3) is 1.09. The molecule has 6 nitrogen and oxygen atoms in total. The topological polar surface area (TPSA) is 110 Å². The molecular weight excluding hydrogens is 164 g/mol. The minimum atomic E-state index is -0.857. The Morgan fingerprint density at radius 1 is 1.42 bits per heavy atom. The van der Waals surface area contributed by atoms with Crippen molar-refractivity contribution in [3.05, 3.63) is 22.2 Å². The summed E-state index contributed by atoms with van der Waals surface area (Å²) in [5.74, 6) is -1.36. The van der Waals surface area contributed by atoms with E-state index in [1.54, 1.807) is 0 Å². The predicted octanol–water partition coefficient (Wildman–Crippen LogP) is 0.588. The Balaban J connectivity index is 3.43. The standard InChI is InChI=1S/C6H6N2O4/c7-3-1-2-4(9)6(10)5(3)8(11)12/h1-2,9-10H,7H2. The molecule has 64 valence electrons. The molecule has 0 amide bonds. The van der Waals surface area contributed by atoms with Crippen LogP contribution in [-0.4, -0.2) is 15.1 Å². The number of phenols is 2. The molecule has 1 aromatic carbocycles. The molecule has 0 atom stereocenters. The van der Waals surface area contributed by atoms with E-state index < -0.39 is 22.1 Å². The highest BCUT2D eigenvalue weighted by molar-refractivity contribution is 5.69. The van der Waals surface area contributed by atoms with E-state index in [9.17, 15) is 10.1 Å². The van der Waals surface area contributed by atoms with Crippen LogP contribution in [0.2, 0.25) is 0 Å². The molecule has 0 aliphatic heterocycles. The number of hydrogen-bond acceptors (Lipinski definition) is 5. The average molecular weight is 170 g/mol. The summed E-state index contributed by atoms with van der Waals surface area (Å²) in [6.45, 7) is 0. The van der Waals surface area contributed by atoms with Crippen molar-refractivity contribution in [1.29, 1.82) is 0 Å². The molecule has 0 spiro atoms. The van der Waals surface area contributed by atoms with Gasteiger partial charge in [-0.25, -0.2) is 0 Å². The summed E-state index contributed by atoms with van der Waals surface area (Å²) in [6, 6.07) is 2.23. The maximum Gasteiger partial charge on any atom is 0.337 e. The summed E-state index contributed by atoms with van der Waals surface area (Å²) in [6.07, 6.45) is 0. The van der Waals surface area contributed by atoms with Crippen molar-refractivity contribution >= 4 is 11.4 Å². The van der Waals surface area contributed by atoms with Crippen molar-refractivity contribution < 1.29 is 15.1 Å². The first-order chi connectivity index (χ1) is 5.54. The highest BCUT2D eigenvalue weighted by Gasteiger charge is 2.20. The Kier molecular flexibility index (Phi) is 1.74. The van der Waals surface area contributed by atoms with Gasteiger partial charge in [0.25, 0.3) is 0 Å². The fourth-order valence-electron chi connectivity index (χ4n) is 0.776. The molecule has 0 bridgehead atoms. The number of nitro groups is 1. The van der Waals surface area contributed by atoms with Crippen LogP contribution in [0, 0.1) is 10.1 Å². The van der Waals surface area contributed by atoms with Crippen molar-refractivity contribution in [2.45, 2.75) is 0 Å². The molecule has 0 saturated heterocycles. The zero-order valence-electron chi connectivity index (χ0n) is 5.89. The Morgan fingerprint density at radius 3 is 2.42 bits per heavy atom. The van der Waals surface area contributed by atoms with Gasteiger partial charge in [-0.15, -0.1) is 0 Å². The number of nitrogen functional groups attached to an aromatic ring is 1. The summed E-state index contributed by atoms with van der Waals surface area (Å²) in [5, 5.41) is 28.1. The molecule has 12 heavy (non-hydrogen) atoms. The van der Waals surface area contributed by atoms with Gasteiger partial charge in [0.2, 0.25) is 5.75 Å². The van der Waals surface area contributed by atoms with E-state index in [4.69, 9.17) is 15.9 Å². The maximum absolute atomic E-state index is 10.2. The summed E-state index contributed by atoms with van der Waals surface area (Å²) in [7, 11) is 0. The van der Waals surface area contributed by atoms with Gasteiger partial charge in [0, 0.05) is 0 Å². The van der Waals surface area contributed by atoms with Crippen molar-refractivity contribution in [3.63, 3.8) is 0 Å². The second kappa shape index (κ2) is 2.57. The fraction of sp³-hybridized carbons (Fsp3) is 0. The Bertz CT molecular complexity index is 337. The number of nitrogens with zero attached hydrogens (tertiary/aromatic N) is 1. The Morgan fingerprint density at radius 2 is 2.00 bits per heavy atom. The number of phenolic OH excluding ortho intramolecular Hbond substituents is 2. The van der Waals surface area contributed by atoms with Gasteiger partial charge in [0.05, 0.1) is 4.92 Å². The van der Waals surface area contributed by atoms with Gasteiger partial charge in [0.15, 0.2) is 5.75 Å². The molecule has 0 aromatic heterocycles. The largest absolute Gasteiger partial charge is 0.504 e. The third-order valence-electron chi connectivity index (χ3n) is 1.34. The van der Waals surface area contributed by atoms with E-state index >= 15 is 0 Å². The minimum absolute atomic E-state index is 0.185. The Hall–Kier alpha value is -1.98. The Labute approximate surface area is 67.0 Å². The van der Waals surface area contributed by atoms with E-state index in [1.165, 1.54) is 0 Å². The summed E-state index contributed by atoms with van der Waals surface area (Å²) >= 11 is 0. The van der Waals surface area contributed by atoms with Crippen LogP contribution in [0.15, 0.2) is 12.1 Å². The average Bonchev–Trinajstić information content (AvgIpc) is 1.97. The zero-order chi connectivity index (χ0) is 9.30. The molecule has 1 rings (SSSR count). The molecular formula is C6H6N2O4. The van der Waals surface area contributed by atoms with Crippen LogP contribution < -0.4 is 5.73 Å². The summed E-state index contributed by atoms with van der Waals surface area (Å²) in [4.78, 5) is 9.39. The van der Waals surface area contributed by atoms with Crippen LogP contribution in [0.4, 0.5) is 11.4 Å². The molecule has 0 aliphatic carbocycles. The van der Waals surface area contributed by atoms with Crippen LogP contribution in [0.5, 0.6) is 11.5 Å². The zero-order valence-corrected chi connectivity index (χ0v) is 5.89. The summed E-state index contributed by atoms with van der Waals surface area (Å²) < 4.78 is 0. The van der Waals surface area contributed by atoms with Crippen molar-refractivity contribution in [2.75, 3.05) is 5.73 Å². The van der Waals surface area contributed by atoms with E-state index in [-0.39, 0.29) is 5.69 Å². The first-order valence-corrected chi connectivity index (χ1v) is 2.99. The molecule has 0 saturated carbocycles. The lowest BCUT2D eigenvalue weighted by molar-refractivity contribution is -0.385. The molecule has 0 unspecified atom stereocenters. The van der Waals surface area contributed by atoms with Crippen molar-refractivity contribution in [3.8, 4) is 11.5 Å². The van der Waals surface area contributed by atoms with Gasteiger partial charge < -0.3 is 15.9 Å². The summed E-state index contributed by atoms with van der Waals surface area (Å²) in [5.41, 5.74) is 4.32. The van der Waals surface area contributed by atoms with Crippen molar-refractivity contribution in [1.82, 2.24) is 0 Å². The van der Waals surface area contributed by atoms with E-state index in [1.807, 2.05) is 0 Å². The van der Waals surface area contributed by atoms with Crippen LogP contribution in [0.3, 0.4) is 0 Å². The second-order valence-corrected chi connectivity index (χ2v) is 2.13. The number of benzene rings is 1. The monoisotopic (exact) mass is 170 g/mol. The molecule has 1 aromatic rings. The van der Waals surface area contributed by atoms with Gasteiger partial charge in [0.1, 0.15) is 5.69 Å². The lowest BCUT2D eigenvalue weighted by Gasteiger charge is -2.00. The normalized spacial score (nSPS) is 9.67. The molecule has 0 heterocycles. The number of nitrogens with two attached hydrogens (primary N) is 1. The van der Waals surface area contributed by atoms with Gasteiger partial charge in [-0.05, 0) is 12.1 Å². The molecule has 4 N–H and O–H groups in total. The minimum Gasteiger partial charge on any atom is -0.504 e. The van der Waals surface area contributed by atoms with Gasteiger partial charge >= 0.3 is 5.69 Å². The molecule has 0 radical (unpaired) electrons. The highest BCUT2D eigenvalue weighted by Crippen LogP contribution is 2.38. The van der Waals surface area contributed by atoms with Crippen LogP contribution in [-0.2, 0) is 0 Å². The lowest BCUT2D eigenvalue weighted by Crippen LogP contribution is -1.95. The lowest BCUT2D eigenvalue weighted by atomic mass is 10.2. The van der Waals surface area contributed by atoms with Crippen LogP contribution in [0.1, 0.15) is 0 Å². The first-order valence-electron chi connectivity index (χ1n) is 2.99. The number of aromatic hydroxyl groups is 2. The number of anilines is 1. The van der Waals surface area contributed by atoms with Crippen LogP contribution in [0.25, 0.3) is 0 Å². The quantitative estimate of drug-likeness (QED) is 0.188. The third-order valence-corrected chi connectivity index (χ3v) is 1.34. The maximum atomic E-state index is 10.2. The van der Waals surface area contributed by atoms with E-state index in [0.717, 1.165) is 12.1 Å². The molecule has 0 aliphatic rings. The fourth-order valence-corrected chi connectivity index (χ4v) is 0.776. The first kappa shape index (κ1) is 8.12. The van der Waals surface area contributed by atoms with Gasteiger partial charge in [-0.1, -0.05) is 0 Å². The molecule has 6 heteroatoms. The second-order valence-electron chi connectivity index (χ2n) is 2.13. The van der Waals surface area contributed by atoms with Crippen molar-refractivity contribution in [2.24, 2.45) is 0 Å². The van der Waals surface area contributed by atoms with Crippen LogP contribution >= 0.6 is 0 Å². The van der Waals surface area contributed by atoms with Gasteiger partial charge in [-0.2, -0.15) is 0 Å². The highest BCUT2D eigenvalue weighted by atomic mass is 16.6. The number of hydrogen-bond donors (Lipinski definition) is 3. The predicted molar refractivity (Wildman–Crippen MR) is 40.8 cm³/mol. The smallest absolute Gasteiger partial charge is 0.337 e.